The molecule has 5 nitrogen and oxygen atoms in total. The zero-order valence-electron chi connectivity index (χ0n) is 15.2. The minimum Gasteiger partial charge on any atom is -0.490 e. The van der Waals surface area contributed by atoms with Gasteiger partial charge in [0.2, 0.25) is 0 Å². The molecule has 1 aromatic rings. The van der Waals surface area contributed by atoms with E-state index < -0.39 is 0 Å². The molecule has 6 heteroatoms. The SMILES string of the molecule is CCOCCCNC(N)=NCc1cccc(OC2CCCCC2)c1.I. The number of nitrogens with two attached hydrogens (primary N) is 1. The summed E-state index contributed by atoms with van der Waals surface area (Å²) < 4.78 is 11.4. The number of ether oxygens (including phenoxy) is 2. The maximum Gasteiger partial charge on any atom is 0.188 e. The maximum absolute atomic E-state index is 6.10. The Hall–Kier alpha value is -1.02. The van der Waals surface area contributed by atoms with E-state index in [1.807, 2.05) is 19.1 Å². The smallest absolute Gasteiger partial charge is 0.188 e. The van der Waals surface area contributed by atoms with Gasteiger partial charge in [-0.25, -0.2) is 4.99 Å². The molecule has 1 aliphatic rings. The van der Waals surface area contributed by atoms with Gasteiger partial charge in [-0.2, -0.15) is 0 Å². The van der Waals surface area contributed by atoms with Crippen LogP contribution >= 0.6 is 24.0 Å². The molecule has 0 bridgehead atoms. The maximum atomic E-state index is 6.10. The minimum atomic E-state index is 0. The van der Waals surface area contributed by atoms with Crippen molar-refractivity contribution in [3.8, 4) is 5.75 Å². The van der Waals surface area contributed by atoms with Gasteiger partial charge in [0.05, 0.1) is 12.6 Å². The molecule has 0 heterocycles. The fourth-order valence-electron chi connectivity index (χ4n) is 2.86. The van der Waals surface area contributed by atoms with Crippen LogP contribution in [0.1, 0.15) is 51.0 Å². The quantitative estimate of drug-likeness (QED) is 0.254. The number of rotatable bonds is 9. The fourth-order valence-corrected chi connectivity index (χ4v) is 2.86. The van der Waals surface area contributed by atoms with Crippen molar-refractivity contribution in [3.05, 3.63) is 29.8 Å². The van der Waals surface area contributed by atoms with Gasteiger partial charge in [-0.1, -0.05) is 18.6 Å². The summed E-state index contributed by atoms with van der Waals surface area (Å²) >= 11 is 0. The van der Waals surface area contributed by atoms with Crippen LogP contribution in [0.5, 0.6) is 5.75 Å². The second-order valence-corrected chi connectivity index (χ2v) is 6.20. The zero-order chi connectivity index (χ0) is 17.0. The highest BCUT2D eigenvalue weighted by atomic mass is 127. The van der Waals surface area contributed by atoms with Crippen LogP contribution in [0.4, 0.5) is 0 Å². The summed E-state index contributed by atoms with van der Waals surface area (Å²) in [6, 6.07) is 8.17. The van der Waals surface area contributed by atoms with Gasteiger partial charge in [-0.05, 0) is 56.7 Å². The highest BCUT2D eigenvalue weighted by Gasteiger charge is 2.14. The van der Waals surface area contributed by atoms with E-state index in [4.69, 9.17) is 15.2 Å². The van der Waals surface area contributed by atoms with Crippen LogP contribution in [0, 0.1) is 0 Å². The van der Waals surface area contributed by atoms with Crippen LogP contribution in [0.3, 0.4) is 0 Å². The Morgan fingerprint density at radius 2 is 2.08 bits per heavy atom. The summed E-state index contributed by atoms with van der Waals surface area (Å²) in [6.07, 6.45) is 7.53. The predicted molar refractivity (Wildman–Crippen MR) is 114 cm³/mol. The first-order valence-corrected chi connectivity index (χ1v) is 9.15. The van der Waals surface area contributed by atoms with Gasteiger partial charge in [0.25, 0.3) is 0 Å². The van der Waals surface area contributed by atoms with Gasteiger partial charge in [-0.15, -0.1) is 24.0 Å². The third-order valence-electron chi connectivity index (χ3n) is 4.16. The molecule has 0 radical (unpaired) electrons. The van der Waals surface area contributed by atoms with Crippen LogP contribution in [-0.2, 0) is 11.3 Å². The van der Waals surface area contributed by atoms with Crippen molar-refractivity contribution in [3.63, 3.8) is 0 Å². The van der Waals surface area contributed by atoms with Crippen molar-refractivity contribution in [2.24, 2.45) is 10.7 Å². The van der Waals surface area contributed by atoms with E-state index in [-0.39, 0.29) is 24.0 Å². The summed E-state index contributed by atoms with van der Waals surface area (Å²) in [6.45, 7) is 4.84. The molecule has 1 saturated carbocycles. The molecule has 0 unspecified atom stereocenters. The third-order valence-corrected chi connectivity index (χ3v) is 4.16. The lowest BCUT2D eigenvalue weighted by atomic mass is 9.98. The van der Waals surface area contributed by atoms with E-state index in [1.54, 1.807) is 0 Å². The molecule has 0 saturated heterocycles. The number of hydrogen-bond acceptors (Lipinski definition) is 3. The number of guanidine groups is 1. The van der Waals surface area contributed by atoms with Gasteiger partial charge in [0.1, 0.15) is 5.75 Å². The van der Waals surface area contributed by atoms with Crippen molar-refractivity contribution in [1.82, 2.24) is 5.32 Å². The Morgan fingerprint density at radius 3 is 2.84 bits per heavy atom. The van der Waals surface area contributed by atoms with Crippen LogP contribution in [0.15, 0.2) is 29.3 Å². The fraction of sp³-hybridized carbons (Fsp3) is 0.632. The lowest BCUT2D eigenvalue weighted by Gasteiger charge is -2.23. The first-order valence-electron chi connectivity index (χ1n) is 9.15. The van der Waals surface area contributed by atoms with Crippen LogP contribution in [0.25, 0.3) is 0 Å². The molecule has 1 fully saturated rings. The van der Waals surface area contributed by atoms with Crippen molar-refractivity contribution in [1.29, 1.82) is 0 Å². The standard InChI is InChI=1S/C19H31N3O2.HI/c1-2-23-13-7-12-21-19(20)22-15-16-8-6-11-18(14-16)24-17-9-4-3-5-10-17;/h6,8,11,14,17H,2-5,7,9-10,12-13,15H2,1H3,(H3,20,21,22);1H. The molecule has 0 atom stereocenters. The number of aliphatic imine (C=N–C) groups is 1. The summed E-state index contributed by atoms with van der Waals surface area (Å²) in [5.74, 6) is 1.42. The molecule has 0 aromatic heterocycles. The average molecular weight is 461 g/mol. The summed E-state index contributed by atoms with van der Waals surface area (Å²) in [4.78, 5) is 4.39. The molecule has 0 aliphatic heterocycles. The van der Waals surface area contributed by atoms with Crippen LogP contribution < -0.4 is 15.8 Å². The van der Waals surface area contributed by atoms with E-state index in [2.05, 4.69) is 22.4 Å². The molecule has 0 spiro atoms. The zero-order valence-corrected chi connectivity index (χ0v) is 17.5. The number of benzene rings is 1. The Labute approximate surface area is 168 Å². The summed E-state index contributed by atoms with van der Waals surface area (Å²) in [7, 11) is 0. The third kappa shape index (κ3) is 9.30. The van der Waals surface area contributed by atoms with Gasteiger partial charge >= 0.3 is 0 Å². The van der Waals surface area contributed by atoms with E-state index >= 15 is 0 Å². The molecule has 1 aromatic carbocycles. The van der Waals surface area contributed by atoms with Gasteiger partial charge in [0.15, 0.2) is 5.96 Å². The van der Waals surface area contributed by atoms with Crippen molar-refractivity contribution < 1.29 is 9.47 Å². The Kier molecular flexibility index (Phi) is 11.6. The lowest BCUT2D eigenvalue weighted by molar-refractivity contribution is 0.145. The van der Waals surface area contributed by atoms with Crippen LogP contribution in [0.2, 0.25) is 0 Å². The summed E-state index contributed by atoms with van der Waals surface area (Å²) in [5.41, 5.74) is 7.00. The first-order chi connectivity index (χ1) is 11.8. The van der Waals surface area contributed by atoms with Crippen molar-refractivity contribution >= 4 is 29.9 Å². The lowest BCUT2D eigenvalue weighted by Crippen LogP contribution is -2.32. The highest BCUT2D eigenvalue weighted by molar-refractivity contribution is 14.0. The van der Waals surface area contributed by atoms with E-state index in [0.29, 0.717) is 18.6 Å². The molecule has 3 N–H and O–H groups in total. The summed E-state index contributed by atoms with van der Waals surface area (Å²) in [5, 5.41) is 3.11. The van der Waals surface area contributed by atoms with E-state index in [1.165, 1.54) is 32.1 Å². The molecule has 1 aliphatic carbocycles. The monoisotopic (exact) mass is 461 g/mol. The highest BCUT2D eigenvalue weighted by Crippen LogP contribution is 2.24. The molecular formula is C19H32IN3O2. The average Bonchev–Trinajstić information content (AvgIpc) is 2.61. The Morgan fingerprint density at radius 1 is 1.28 bits per heavy atom. The first kappa shape index (κ1) is 22.0. The molecular weight excluding hydrogens is 429 g/mol. The van der Waals surface area contributed by atoms with Gasteiger partial charge in [0, 0.05) is 19.8 Å². The second kappa shape index (κ2) is 13.2. The minimum absolute atomic E-state index is 0. The topological polar surface area (TPSA) is 68.9 Å². The van der Waals surface area contributed by atoms with Crippen LogP contribution in [-0.4, -0.2) is 31.8 Å². The molecule has 2 rings (SSSR count). The number of halogens is 1. The van der Waals surface area contributed by atoms with E-state index in [0.717, 1.165) is 37.5 Å². The molecule has 142 valence electrons. The molecule has 25 heavy (non-hydrogen) atoms. The van der Waals surface area contributed by atoms with E-state index in [9.17, 15) is 0 Å². The predicted octanol–water partition coefficient (Wildman–Crippen LogP) is 3.85. The second-order valence-electron chi connectivity index (χ2n) is 6.20. The van der Waals surface area contributed by atoms with Crippen molar-refractivity contribution in [2.45, 2.75) is 58.1 Å². The Balaban J connectivity index is 0.00000312. The van der Waals surface area contributed by atoms with Gasteiger partial charge < -0.3 is 20.5 Å². The normalized spacial score (nSPS) is 15.5. The number of nitrogens with zero attached hydrogens (tertiary/aromatic N) is 1. The Bertz CT molecular complexity index is 505. The largest absolute Gasteiger partial charge is 0.490 e. The number of hydrogen-bond donors (Lipinski definition) is 2. The molecule has 0 amide bonds. The number of nitrogens with one attached hydrogen (secondary N) is 1. The van der Waals surface area contributed by atoms with Gasteiger partial charge in [-0.3, -0.25) is 0 Å². The van der Waals surface area contributed by atoms with Crippen molar-refractivity contribution in [2.75, 3.05) is 19.8 Å².